The lowest BCUT2D eigenvalue weighted by molar-refractivity contribution is 0.152. The van der Waals surface area contributed by atoms with Gasteiger partial charge in [0.2, 0.25) is 0 Å². The first-order valence-electron chi connectivity index (χ1n) is 6.98. The highest BCUT2D eigenvalue weighted by Gasteiger charge is 2.31. The summed E-state index contributed by atoms with van der Waals surface area (Å²) in [7, 11) is 1.71. The second-order valence-corrected chi connectivity index (χ2v) is 6.00. The molecule has 1 saturated carbocycles. The molecule has 1 fully saturated rings. The molecular weight excluding hydrogens is 222 g/mol. The van der Waals surface area contributed by atoms with Crippen LogP contribution in [0.2, 0.25) is 0 Å². The molecule has 0 heterocycles. The van der Waals surface area contributed by atoms with E-state index in [-0.39, 0.29) is 0 Å². The molecule has 1 unspecified atom stereocenters. The van der Waals surface area contributed by atoms with Gasteiger partial charge in [0.15, 0.2) is 0 Å². The van der Waals surface area contributed by atoms with Crippen molar-refractivity contribution < 1.29 is 4.74 Å². The predicted molar refractivity (Wildman–Crippen MR) is 76.1 cm³/mol. The van der Waals surface area contributed by atoms with E-state index < -0.39 is 0 Å². The Labute approximate surface area is 111 Å². The SMILES string of the molecule is COc1ccc(CC(C)NCC2(C)CCC2)cc1. The molecule has 0 bridgehead atoms. The van der Waals surface area contributed by atoms with E-state index in [9.17, 15) is 0 Å². The molecule has 1 N–H and O–H groups in total. The molecule has 1 atom stereocenters. The molecule has 0 aromatic heterocycles. The number of ether oxygens (including phenoxy) is 1. The summed E-state index contributed by atoms with van der Waals surface area (Å²) >= 11 is 0. The Morgan fingerprint density at radius 3 is 2.44 bits per heavy atom. The molecule has 0 saturated heterocycles. The minimum atomic E-state index is 0.538. The summed E-state index contributed by atoms with van der Waals surface area (Å²) in [6, 6.07) is 8.92. The van der Waals surface area contributed by atoms with Crippen LogP contribution in [0.15, 0.2) is 24.3 Å². The van der Waals surface area contributed by atoms with Crippen molar-refractivity contribution in [3.05, 3.63) is 29.8 Å². The molecule has 0 aliphatic heterocycles. The molecule has 2 nitrogen and oxygen atoms in total. The number of hydrogen-bond acceptors (Lipinski definition) is 2. The average molecular weight is 247 g/mol. The third kappa shape index (κ3) is 3.49. The van der Waals surface area contributed by atoms with Crippen molar-refractivity contribution in [2.24, 2.45) is 5.41 Å². The Balaban J connectivity index is 1.77. The molecule has 1 aliphatic rings. The maximum atomic E-state index is 5.17. The van der Waals surface area contributed by atoms with Gasteiger partial charge < -0.3 is 10.1 Å². The standard InChI is InChI=1S/C16H25NO/c1-13(17-12-16(2)9-4-10-16)11-14-5-7-15(18-3)8-6-14/h5-8,13,17H,4,9-12H2,1-3H3. The Hall–Kier alpha value is -1.02. The average Bonchev–Trinajstić information content (AvgIpc) is 2.35. The Kier molecular flexibility index (Phi) is 4.28. The molecule has 2 heteroatoms. The fourth-order valence-corrected chi connectivity index (χ4v) is 2.57. The second-order valence-electron chi connectivity index (χ2n) is 6.00. The minimum Gasteiger partial charge on any atom is -0.497 e. The van der Waals surface area contributed by atoms with Crippen LogP contribution in [-0.4, -0.2) is 19.7 Å². The fraction of sp³-hybridized carbons (Fsp3) is 0.625. The van der Waals surface area contributed by atoms with Crippen LogP contribution in [0.3, 0.4) is 0 Å². The quantitative estimate of drug-likeness (QED) is 0.832. The molecule has 18 heavy (non-hydrogen) atoms. The molecule has 0 spiro atoms. The van der Waals surface area contributed by atoms with Gasteiger partial charge in [0, 0.05) is 12.6 Å². The predicted octanol–water partition coefficient (Wildman–Crippen LogP) is 3.41. The van der Waals surface area contributed by atoms with Crippen LogP contribution in [0.4, 0.5) is 0 Å². The zero-order valence-corrected chi connectivity index (χ0v) is 11.8. The van der Waals surface area contributed by atoms with Crippen LogP contribution in [-0.2, 0) is 6.42 Å². The van der Waals surface area contributed by atoms with Gasteiger partial charge in [-0.3, -0.25) is 0 Å². The first kappa shape index (κ1) is 13.4. The largest absolute Gasteiger partial charge is 0.497 e. The van der Waals surface area contributed by atoms with Crippen molar-refractivity contribution in [1.29, 1.82) is 0 Å². The van der Waals surface area contributed by atoms with Gasteiger partial charge in [0.25, 0.3) is 0 Å². The molecule has 2 rings (SSSR count). The van der Waals surface area contributed by atoms with E-state index in [0.29, 0.717) is 11.5 Å². The summed E-state index contributed by atoms with van der Waals surface area (Å²) < 4.78 is 5.17. The number of methoxy groups -OCH3 is 1. The van der Waals surface area contributed by atoms with Gasteiger partial charge in [-0.25, -0.2) is 0 Å². The molecule has 0 amide bonds. The van der Waals surface area contributed by atoms with E-state index in [4.69, 9.17) is 4.74 Å². The first-order chi connectivity index (χ1) is 8.61. The van der Waals surface area contributed by atoms with Crippen molar-refractivity contribution >= 4 is 0 Å². The highest BCUT2D eigenvalue weighted by atomic mass is 16.5. The van der Waals surface area contributed by atoms with E-state index in [2.05, 4.69) is 31.3 Å². The maximum Gasteiger partial charge on any atom is 0.118 e. The molecule has 1 aromatic rings. The monoisotopic (exact) mass is 247 g/mol. The fourth-order valence-electron chi connectivity index (χ4n) is 2.57. The molecule has 1 aliphatic carbocycles. The Morgan fingerprint density at radius 2 is 1.94 bits per heavy atom. The smallest absolute Gasteiger partial charge is 0.118 e. The van der Waals surface area contributed by atoms with Crippen molar-refractivity contribution in [2.45, 2.75) is 45.6 Å². The van der Waals surface area contributed by atoms with Crippen LogP contribution in [0.25, 0.3) is 0 Å². The third-order valence-electron chi connectivity index (χ3n) is 4.14. The molecule has 1 aromatic carbocycles. The summed E-state index contributed by atoms with van der Waals surface area (Å²) in [5, 5.41) is 3.67. The van der Waals surface area contributed by atoms with E-state index >= 15 is 0 Å². The number of hydrogen-bond donors (Lipinski definition) is 1. The zero-order chi connectivity index (χ0) is 13.0. The van der Waals surface area contributed by atoms with Gasteiger partial charge in [-0.15, -0.1) is 0 Å². The summed E-state index contributed by atoms with van der Waals surface area (Å²) in [5.41, 5.74) is 1.93. The van der Waals surface area contributed by atoms with E-state index in [1.807, 2.05) is 12.1 Å². The van der Waals surface area contributed by atoms with E-state index in [1.165, 1.54) is 24.8 Å². The highest BCUT2D eigenvalue weighted by molar-refractivity contribution is 5.27. The number of rotatable bonds is 6. The van der Waals surface area contributed by atoms with Crippen LogP contribution < -0.4 is 10.1 Å². The first-order valence-corrected chi connectivity index (χ1v) is 6.98. The molecular formula is C16H25NO. The van der Waals surface area contributed by atoms with Gasteiger partial charge in [-0.1, -0.05) is 25.5 Å². The van der Waals surface area contributed by atoms with Gasteiger partial charge in [-0.2, -0.15) is 0 Å². The lowest BCUT2D eigenvalue weighted by atomic mass is 9.70. The molecule has 0 radical (unpaired) electrons. The number of nitrogens with one attached hydrogen (secondary N) is 1. The van der Waals surface area contributed by atoms with Crippen LogP contribution >= 0.6 is 0 Å². The zero-order valence-electron chi connectivity index (χ0n) is 11.8. The van der Waals surface area contributed by atoms with Crippen LogP contribution in [0.5, 0.6) is 5.75 Å². The van der Waals surface area contributed by atoms with Crippen molar-refractivity contribution in [3.8, 4) is 5.75 Å². The second kappa shape index (κ2) is 5.75. The summed E-state index contributed by atoms with van der Waals surface area (Å²) in [4.78, 5) is 0. The van der Waals surface area contributed by atoms with Gasteiger partial charge in [-0.05, 0) is 49.3 Å². The summed E-state index contributed by atoms with van der Waals surface area (Å²) in [6.07, 6.45) is 5.26. The van der Waals surface area contributed by atoms with Gasteiger partial charge in [0.05, 0.1) is 7.11 Å². The minimum absolute atomic E-state index is 0.538. The summed E-state index contributed by atoms with van der Waals surface area (Å²) in [5.74, 6) is 0.932. The third-order valence-corrected chi connectivity index (χ3v) is 4.14. The maximum absolute atomic E-state index is 5.17. The van der Waals surface area contributed by atoms with E-state index in [0.717, 1.165) is 18.7 Å². The van der Waals surface area contributed by atoms with Crippen molar-refractivity contribution in [2.75, 3.05) is 13.7 Å². The van der Waals surface area contributed by atoms with Crippen LogP contribution in [0.1, 0.15) is 38.7 Å². The lowest BCUT2D eigenvalue weighted by Crippen LogP contribution is -2.41. The van der Waals surface area contributed by atoms with Gasteiger partial charge >= 0.3 is 0 Å². The normalized spacial score (nSPS) is 19.1. The van der Waals surface area contributed by atoms with Crippen molar-refractivity contribution in [1.82, 2.24) is 5.32 Å². The lowest BCUT2D eigenvalue weighted by Gasteiger charge is -2.39. The molecule has 100 valence electrons. The van der Waals surface area contributed by atoms with Crippen LogP contribution in [0, 0.1) is 5.41 Å². The number of benzene rings is 1. The van der Waals surface area contributed by atoms with Gasteiger partial charge in [0.1, 0.15) is 5.75 Å². The highest BCUT2D eigenvalue weighted by Crippen LogP contribution is 2.39. The van der Waals surface area contributed by atoms with Crippen molar-refractivity contribution in [3.63, 3.8) is 0 Å². The van der Waals surface area contributed by atoms with E-state index in [1.54, 1.807) is 7.11 Å². The Bertz CT molecular complexity index is 367. The topological polar surface area (TPSA) is 21.3 Å². The Morgan fingerprint density at radius 1 is 1.28 bits per heavy atom. The summed E-state index contributed by atoms with van der Waals surface area (Å²) in [6.45, 7) is 5.82.